The number of aromatic nitrogens is 4. The summed E-state index contributed by atoms with van der Waals surface area (Å²) in [6.07, 6.45) is 1.80. The summed E-state index contributed by atoms with van der Waals surface area (Å²) in [5, 5.41) is 0.639. The molecule has 2 rings (SSSR count). The van der Waals surface area contributed by atoms with E-state index in [2.05, 4.69) is 53.0 Å². The summed E-state index contributed by atoms with van der Waals surface area (Å²) in [6, 6.07) is 0. The van der Waals surface area contributed by atoms with Crippen LogP contribution < -0.4 is 0 Å². The van der Waals surface area contributed by atoms with Crippen LogP contribution in [0.5, 0.6) is 0 Å². The van der Waals surface area contributed by atoms with Crippen molar-refractivity contribution in [3.8, 4) is 0 Å². The molecule has 0 unspecified atom stereocenters. The predicted octanol–water partition coefficient (Wildman–Crippen LogP) is 3.99. The van der Waals surface area contributed by atoms with Gasteiger partial charge in [-0.05, 0) is 16.6 Å². The highest BCUT2D eigenvalue weighted by Gasteiger charge is 2.39. The van der Waals surface area contributed by atoms with Gasteiger partial charge >= 0.3 is 0 Å². The van der Waals surface area contributed by atoms with E-state index in [0.717, 1.165) is 5.65 Å². The fourth-order valence-corrected chi connectivity index (χ4v) is 3.79. The quantitative estimate of drug-likeness (QED) is 0.454. The summed E-state index contributed by atoms with van der Waals surface area (Å²) in [5.74, 6) is 0. The maximum Gasteiger partial charge on any atom is 0.225 e. The van der Waals surface area contributed by atoms with Crippen LogP contribution >= 0.6 is 23.2 Å². The summed E-state index contributed by atoms with van der Waals surface area (Å²) >= 11 is 11.9. The minimum atomic E-state index is -1.79. The maximum absolute atomic E-state index is 6.04. The molecule has 2 aromatic rings. The Morgan fingerprint density at radius 2 is 1.78 bits per heavy atom. The van der Waals surface area contributed by atoms with Crippen LogP contribution in [-0.2, 0) is 0 Å². The Hall–Kier alpha value is -0.653. The first-order valence-electron chi connectivity index (χ1n) is 5.71. The second-order valence-corrected chi connectivity index (χ2v) is 11.7. The molecule has 0 bridgehead atoms. The Labute approximate surface area is 117 Å². The first-order chi connectivity index (χ1) is 8.14. The smallest absolute Gasteiger partial charge is 0.225 e. The lowest BCUT2D eigenvalue weighted by atomic mass is 10.2. The largest absolute Gasteiger partial charge is 0.343 e. The fraction of sp³-hybridized carbons (Fsp3) is 0.545. The van der Waals surface area contributed by atoms with Gasteiger partial charge in [0.15, 0.2) is 19.0 Å². The molecule has 7 heteroatoms. The molecular weight excluding hydrogens is 287 g/mol. The molecule has 0 N–H and O–H groups in total. The molecule has 0 saturated carbocycles. The van der Waals surface area contributed by atoms with E-state index < -0.39 is 8.24 Å². The maximum atomic E-state index is 6.04. The van der Waals surface area contributed by atoms with E-state index in [0.29, 0.717) is 10.7 Å². The van der Waals surface area contributed by atoms with Crippen molar-refractivity contribution in [1.29, 1.82) is 0 Å². The van der Waals surface area contributed by atoms with Gasteiger partial charge in [-0.25, -0.2) is 9.97 Å². The number of hydrogen-bond acceptors (Lipinski definition) is 3. The monoisotopic (exact) mass is 302 g/mol. The highest BCUT2D eigenvalue weighted by atomic mass is 35.5. The second kappa shape index (κ2) is 4.18. The molecule has 98 valence electrons. The highest BCUT2D eigenvalue weighted by molar-refractivity contribution is 6.79. The topological polar surface area (TPSA) is 43.6 Å². The minimum Gasteiger partial charge on any atom is -0.343 e. The van der Waals surface area contributed by atoms with Crippen molar-refractivity contribution in [2.24, 2.45) is 0 Å². The minimum absolute atomic E-state index is 0.160. The summed E-state index contributed by atoms with van der Waals surface area (Å²) in [4.78, 5) is 12.5. The summed E-state index contributed by atoms with van der Waals surface area (Å²) in [6.45, 7) is 11.2. The number of rotatable bonds is 1. The number of nitrogens with zero attached hydrogens (tertiary/aromatic N) is 4. The number of halogens is 2. The van der Waals surface area contributed by atoms with Crippen molar-refractivity contribution in [2.75, 3.05) is 0 Å². The molecule has 0 radical (unpaired) electrons. The Morgan fingerprint density at radius 3 is 2.33 bits per heavy atom. The van der Waals surface area contributed by atoms with Crippen molar-refractivity contribution < 1.29 is 0 Å². The van der Waals surface area contributed by atoms with E-state index in [1.807, 2.05) is 0 Å². The average molecular weight is 303 g/mol. The molecule has 0 aliphatic carbocycles. The van der Waals surface area contributed by atoms with Crippen LogP contribution in [0, 0.1) is 0 Å². The normalized spacial score (nSPS) is 13.3. The molecule has 18 heavy (non-hydrogen) atoms. The van der Waals surface area contributed by atoms with Gasteiger partial charge in [-0.2, -0.15) is 4.98 Å². The van der Waals surface area contributed by atoms with Crippen molar-refractivity contribution in [2.45, 2.75) is 38.9 Å². The van der Waals surface area contributed by atoms with E-state index in [4.69, 9.17) is 23.2 Å². The molecule has 0 aromatic carbocycles. The summed E-state index contributed by atoms with van der Waals surface area (Å²) in [5.41, 5.74) is 1.34. The first kappa shape index (κ1) is 13.8. The molecule has 0 saturated heterocycles. The fourth-order valence-electron chi connectivity index (χ4n) is 1.61. The zero-order chi connectivity index (χ0) is 13.7. The number of hydrogen-bond donors (Lipinski definition) is 0. The lowest BCUT2D eigenvalue weighted by Gasteiger charge is -2.37. The second-order valence-electron chi connectivity index (χ2n) is 5.88. The van der Waals surface area contributed by atoms with Crippen molar-refractivity contribution in [3.05, 3.63) is 16.8 Å². The third kappa shape index (κ3) is 2.04. The molecule has 0 spiro atoms. The van der Waals surface area contributed by atoms with Gasteiger partial charge in [0.25, 0.3) is 0 Å². The predicted molar refractivity (Wildman–Crippen MR) is 77.9 cm³/mol. The van der Waals surface area contributed by atoms with Crippen molar-refractivity contribution in [1.82, 2.24) is 19.2 Å². The lowest BCUT2D eigenvalue weighted by Crippen LogP contribution is -2.45. The van der Waals surface area contributed by atoms with Crippen LogP contribution in [0.2, 0.25) is 28.6 Å². The molecule has 0 fully saturated rings. The van der Waals surface area contributed by atoms with Crippen molar-refractivity contribution in [3.63, 3.8) is 0 Å². The van der Waals surface area contributed by atoms with Gasteiger partial charge in [0, 0.05) is 0 Å². The van der Waals surface area contributed by atoms with Crippen LogP contribution in [0.25, 0.3) is 11.2 Å². The van der Waals surface area contributed by atoms with Crippen LogP contribution in [0.3, 0.4) is 0 Å². The SMILES string of the molecule is CC(C)(C)[Si](C)(C)n1cnc2c(Cl)nc(Cl)nc21. The molecule has 4 nitrogen and oxygen atoms in total. The Bertz CT molecular complexity index is 601. The van der Waals surface area contributed by atoms with Gasteiger partial charge in [-0.15, -0.1) is 0 Å². The van der Waals surface area contributed by atoms with Crippen LogP contribution in [0.1, 0.15) is 20.8 Å². The molecule has 0 aliphatic rings. The van der Waals surface area contributed by atoms with E-state index in [9.17, 15) is 0 Å². The molecule has 0 amide bonds. The van der Waals surface area contributed by atoms with E-state index in [1.54, 1.807) is 6.33 Å². The Balaban J connectivity index is 2.74. The summed E-state index contributed by atoms with van der Waals surface area (Å²) in [7, 11) is -1.79. The standard InChI is InChI=1S/C11H16Cl2N4Si/c1-11(2,3)18(4,5)17-6-14-7-8(12)15-10(13)16-9(7)17/h6H,1-5H3. The van der Waals surface area contributed by atoms with Gasteiger partial charge in [0.05, 0.1) is 6.33 Å². The summed E-state index contributed by atoms with van der Waals surface area (Å²) < 4.78 is 2.14. The highest BCUT2D eigenvalue weighted by Crippen LogP contribution is 2.38. The average Bonchev–Trinajstić information content (AvgIpc) is 2.59. The molecule has 0 atom stereocenters. The van der Waals surface area contributed by atoms with Gasteiger partial charge in [-0.1, -0.05) is 45.5 Å². The third-order valence-electron chi connectivity index (χ3n) is 3.76. The molecule has 2 heterocycles. The zero-order valence-electron chi connectivity index (χ0n) is 11.1. The van der Waals surface area contributed by atoms with E-state index in [1.165, 1.54) is 0 Å². The van der Waals surface area contributed by atoms with Gasteiger partial charge in [-0.3, -0.25) is 0 Å². The van der Waals surface area contributed by atoms with Gasteiger partial charge < -0.3 is 4.23 Å². The lowest BCUT2D eigenvalue weighted by molar-refractivity contribution is 0.701. The van der Waals surface area contributed by atoms with Crippen molar-refractivity contribution >= 4 is 42.6 Å². The first-order valence-corrected chi connectivity index (χ1v) is 9.41. The number of imidazole rings is 1. The molecule has 2 aromatic heterocycles. The number of fused-ring (bicyclic) bond motifs is 1. The van der Waals surface area contributed by atoms with E-state index >= 15 is 0 Å². The Kier molecular flexibility index (Phi) is 3.20. The third-order valence-corrected chi connectivity index (χ3v) is 9.40. The van der Waals surface area contributed by atoms with Crippen LogP contribution in [-0.4, -0.2) is 27.4 Å². The van der Waals surface area contributed by atoms with Crippen LogP contribution in [0.4, 0.5) is 0 Å². The zero-order valence-corrected chi connectivity index (χ0v) is 13.6. The Morgan fingerprint density at radius 1 is 1.17 bits per heavy atom. The van der Waals surface area contributed by atoms with Gasteiger partial charge in [0.2, 0.25) is 5.28 Å². The molecular formula is C11H16Cl2N4Si. The van der Waals surface area contributed by atoms with Crippen LogP contribution in [0.15, 0.2) is 6.33 Å². The van der Waals surface area contributed by atoms with E-state index in [-0.39, 0.29) is 10.3 Å². The molecule has 0 aliphatic heterocycles. The van der Waals surface area contributed by atoms with Gasteiger partial charge in [0.1, 0.15) is 5.52 Å².